The van der Waals surface area contributed by atoms with Crippen LogP contribution in [0, 0.1) is 6.92 Å². The van der Waals surface area contributed by atoms with Crippen LogP contribution in [0.15, 0.2) is 29.1 Å². The molecule has 1 heterocycles. The zero-order valence-electron chi connectivity index (χ0n) is 9.40. The van der Waals surface area contributed by atoms with E-state index in [4.69, 9.17) is 5.73 Å². The van der Waals surface area contributed by atoms with Crippen LogP contribution in [0.1, 0.15) is 11.4 Å². The number of rotatable bonds is 2. The van der Waals surface area contributed by atoms with Crippen molar-refractivity contribution in [1.82, 2.24) is 9.97 Å². The smallest absolute Gasteiger partial charge is 0.262 e. The van der Waals surface area contributed by atoms with Gasteiger partial charge in [-0.1, -0.05) is 24.3 Å². The fourth-order valence-electron chi connectivity index (χ4n) is 1.70. The molecule has 0 aliphatic rings. The Morgan fingerprint density at radius 1 is 1.41 bits per heavy atom. The predicted molar refractivity (Wildman–Crippen MR) is 64.6 cm³/mol. The van der Waals surface area contributed by atoms with Crippen LogP contribution >= 0.6 is 0 Å². The Morgan fingerprint density at radius 3 is 2.71 bits per heavy atom. The molecule has 0 aliphatic carbocycles. The minimum Gasteiger partial charge on any atom is -0.493 e. The highest BCUT2D eigenvalue weighted by Gasteiger charge is 2.13. The number of H-pyrrole nitrogens is 1. The molecule has 0 unspecified atom stereocenters. The fraction of sp³-hybridized carbons (Fsp3) is 0.167. The van der Waals surface area contributed by atoms with Crippen LogP contribution in [0.25, 0.3) is 11.1 Å². The van der Waals surface area contributed by atoms with E-state index in [-0.39, 0.29) is 29.4 Å². The van der Waals surface area contributed by atoms with Crippen molar-refractivity contribution in [3.05, 3.63) is 46.0 Å². The molecule has 0 aliphatic heterocycles. The van der Waals surface area contributed by atoms with E-state index in [1.807, 2.05) is 19.1 Å². The Labute approximate surface area is 98.0 Å². The molecule has 0 saturated carbocycles. The van der Waals surface area contributed by atoms with E-state index >= 15 is 0 Å². The largest absolute Gasteiger partial charge is 0.493 e. The van der Waals surface area contributed by atoms with Crippen LogP contribution in [0.3, 0.4) is 0 Å². The molecule has 2 rings (SSSR count). The van der Waals surface area contributed by atoms with Crippen molar-refractivity contribution < 1.29 is 5.11 Å². The van der Waals surface area contributed by atoms with Crippen LogP contribution < -0.4 is 11.3 Å². The lowest BCUT2D eigenvalue weighted by atomic mass is 10.0. The number of benzene rings is 1. The summed E-state index contributed by atoms with van der Waals surface area (Å²) in [6.07, 6.45) is 0. The van der Waals surface area contributed by atoms with Gasteiger partial charge in [-0.15, -0.1) is 0 Å². The van der Waals surface area contributed by atoms with Crippen LogP contribution in [0.4, 0.5) is 0 Å². The van der Waals surface area contributed by atoms with Gasteiger partial charge in [-0.25, -0.2) is 0 Å². The van der Waals surface area contributed by atoms with E-state index in [0.29, 0.717) is 5.56 Å². The zero-order valence-corrected chi connectivity index (χ0v) is 9.40. The van der Waals surface area contributed by atoms with Crippen LogP contribution in [-0.4, -0.2) is 15.1 Å². The maximum absolute atomic E-state index is 11.9. The van der Waals surface area contributed by atoms with Gasteiger partial charge >= 0.3 is 0 Å². The second kappa shape index (κ2) is 4.39. The normalized spacial score (nSPS) is 10.5. The standard InChI is InChI=1S/C12H13N3O2/c1-7-4-2-3-5-8(7)10-11(16)14-9(6-13)15-12(10)17/h2-5H,6,13H2,1H3,(H2,14,15,16,17). The third-order valence-electron chi connectivity index (χ3n) is 2.56. The number of hydrogen-bond donors (Lipinski definition) is 3. The first-order valence-electron chi connectivity index (χ1n) is 5.21. The van der Waals surface area contributed by atoms with Crippen LogP contribution in [-0.2, 0) is 6.54 Å². The Hall–Kier alpha value is -2.14. The minimum atomic E-state index is -0.382. The van der Waals surface area contributed by atoms with Gasteiger partial charge in [-0.3, -0.25) is 4.79 Å². The molecule has 2 aromatic rings. The molecule has 17 heavy (non-hydrogen) atoms. The molecule has 1 aromatic heterocycles. The Bertz CT molecular complexity index is 605. The van der Waals surface area contributed by atoms with Crippen molar-refractivity contribution in [1.29, 1.82) is 0 Å². The van der Waals surface area contributed by atoms with Gasteiger partial charge in [0.1, 0.15) is 11.4 Å². The molecule has 0 saturated heterocycles. The zero-order chi connectivity index (χ0) is 12.4. The van der Waals surface area contributed by atoms with Crippen LogP contribution in [0.2, 0.25) is 0 Å². The number of nitrogens with zero attached hydrogens (tertiary/aromatic N) is 1. The Balaban J connectivity index is 2.69. The lowest BCUT2D eigenvalue weighted by molar-refractivity contribution is 0.450. The number of nitrogens with one attached hydrogen (secondary N) is 1. The van der Waals surface area contributed by atoms with Gasteiger partial charge in [-0.2, -0.15) is 4.98 Å². The van der Waals surface area contributed by atoms with Gasteiger partial charge in [-0.05, 0) is 18.1 Å². The summed E-state index contributed by atoms with van der Waals surface area (Å²) in [6, 6.07) is 7.30. The van der Waals surface area contributed by atoms with Gasteiger partial charge in [0.15, 0.2) is 0 Å². The number of nitrogens with two attached hydrogens (primary N) is 1. The van der Waals surface area contributed by atoms with Crippen molar-refractivity contribution in [2.45, 2.75) is 13.5 Å². The average Bonchev–Trinajstić information content (AvgIpc) is 2.30. The van der Waals surface area contributed by atoms with Gasteiger partial charge in [0, 0.05) is 0 Å². The third-order valence-corrected chi connectivity index (χ3v) is 2.56. The number of aromatic hydroxyl groups is 1. The molecule has 5 nitrogen and oxygen atoms in total. The minimum absolute atomic E-state index is 0.0802. The first-order valence-corrected chi connectivity index (χ1v) is 5.21. The molecule has 0 radical (unpaired) electrons. The van der Waals surface area contributed by atoms with Crippen molar-refractivity contribution in [2.75, 3.05) is 0 Å². The van der Waals surface area contributed by atoms with Gasteiger partial charge in [0.05, 0.1) is 6.54 Å². The summed E-state index contributed by atoms with van der Waals surface area (Å²) >= 11 is 0. The number of aromatic nitrogens is 2. The summed E-state index contributed by atoms with van der Waals surface area (Å²) in [7, 11) is 0. The lowest BCUT2D eigenvalue weighted by Gasteiger charge is -2.07. The maximum atomic E-state index is 11.9. The highest BCUT2D eigenvalue weighted by molar-refractivity contribution is 5.70. The molecule has 88 valence electrons. The SMILES string of the molecule is Cc1ccccc1-c1c(O)nc(CN)[nH]c1=O. The molecule has 0 bridgehead atoms. The summed E-state index contributed by atoms with van der Waals surface area (Å²) in [5.41, 5.74) is 6.73. The maximum Gasteiger partial charge on any atom is 0.262 e. The summed E-state index contributed by atoms with van der Waals surface area (Å²) in [6.45, 7) is 1.95. The monoisotopic (exact) mass is 231 g/mol. The first-order chi connectivity index (χ1) is 8.13. The highest BCUT2D eigenvalue weighted by Crippen LogP contribution is 2.25. The van der Waals surface area contributed by atoms with Crippen molar-refractivity contribution >= 4 is 0 Å². The van der Waals surface area contributed by atoms with Crippen molar-refractivity contribution in [3.63, 3.8) is 0 Å². The van der Waals surface area contributed by atoms with Crippen molar-refractivity contribution in [3.8, 4) is 17.0 Å². The Morgan fingerprint density at radius 2 is 2.12 bits per heavy atom. The quantitative estimate of drug-likeness (QED) is 0.716. The van der Waals surface area contributed by atoms with Gasteiger partial charge in [0.2, 0.25) is 5.88 Å². The summed E-state index contributed by atoms with van der Waals surface area (Å²) in [4.78, 5) is 18.2. The van der Waals surface area contributed by atoms with Gasteiger partial charge in [0.25, 0.3) is 5.56 Å². The predicted octanol–water partition coefficient (Wildman–Crippen LogP) is 0.910. The Kier molecular flexibility index (Phi) is 2.93. The van der Waals surface area contributed by atoms with Crippen LogP contribution in [0.5, 0.6) is 5.88 Å². The van der Waals surface area contributed by atoms with Gasteiger partial charge < -0.3 is 15.8 Å². The molecule has 4 N–H and O–H groups in total. The molecular formula is C12H13N3O2. The van der Waals surface area contributed by atoms with E-state index in [1.165, 1.54) is 0 Å². The summed E-state index contributed by atoms with van der Waals surface area (Å²) in [5, 5.41) is 9.79. The number of hydrogen-bond acceptors (Lipinski definition) is 4. The molecule has 0 amide bonds. The second-order valence-corrected chi connectivity index (χ2v) is 3.73. The summed E-state index contributed by atoms with van der Waals surface area (Å²) < 4.78 is 0. The molecular weight excluding hydrogens is 218 g/mol. The molecule has 1 aromatic carbocycles. The number of aryl methyl sites for hydroxylation is 1. The van der Waals surface area contributed by atoms with E-state index in [1.54, 1.807) is 12.1 Å². The average molecular weight is 231 g/mol. The van der Waals surface area contributed by atoms with E-state index in [0.717, 1.165) is 5.56 Å². The topological polar surface area (TPSA) is 92.0 Å². The molecule has 0 atom stereocenters. The molecule has 0 spiro atoms. The fourth-order valence-corrected chi connectivity index (χ4v) is 1.70. The van der Waals surface area contributed by atoms with E-state index in [9.17, 15) is 9.90 Å². The number of aromatic amines is 1. The van der Waals surface area contributed by atoms with E-state index < -0.39 is 0 Å². The summed E-state index contributed by atoms with van der Waals surface area (Å²) in [5.74, 6) is -0.0201. The first kappa shape index (κ1) is 11.3. The molecule has 0 fully saturated rings. The highest BCUT2D eigenvalue weighted by atomic mass is 16.3. The van der Waals surface area contributed by atoms with E-state index in [2.05, 4.69) is 9.97 Å². The van der Waals surface area contributed by atoms with Crippen molar-refractivity contribution in [2.24, 2.45) is 5.73 Å². The second-order valence-electron chi connectivity index (χ2n) is 3.73. The lowest BCUT2D eigenvalue weighted by Crippen LogP contribution is -2.16. The third kappa shape index (κ3) is 2.05. The molecule has 5 heteroatoms.